The van der Waals surface area contributed by atoms with Gasteiger partial charge in [-0.2, -0.15) is 0 Å². The van der Waals surface area contributed by atoms with Crippen molar-refractivity contribution >= 4 is 32.9 Å². The number of thiophene rings is 1. The number of aryl methyl sites for hydroxylation is 2. The molecule has 4 aromatic rings. The molecule has 8 heteroatoms. The zero-order chi connectivity index (χ0) is 19.8. The molecular formula is C21H21N5O2S. The summed E-state index contributed by atoms with van der Waals surface area (Å²) in [5, 5.41) is 9.89. The van der Waals surface area contributed by atoms with Crippen LogP contribution in [0, 0.1) is 0 Å². The Morgan fingerprint density at radius 1 is 1.21 bits per heavy atom. The smallest absolute Gasteiger partial charge is 0.192 e. The summed E-state index contributed by atoms with van der Waals surface area (Å²) in [5.74, 6) is 1.41. The summed E-state index contributed by atoms with van der Waals surface area (Å²) < 4.78 is 6.93. The summed E-state index contributed by atoms with van der Waals surface area (Å²) >= 11 is 1.79. The molecule has 1 aliphatic carbocycles. The molecule has 1 aliphatic rings. The molecule has 0 saturated carbocycles. The lowest BCUT2D eigenvalue weighted by Gasteiger charge is -2.09. The number of rotatable bonds is 5. The van der Waals surface area contributed by atoms with Crippen LogP contribution in [0.1, 0.15) is 41.6 Å². The van der Waals surface area contributed by atoms with E-state index >= 15 is 0 Å². The third kappa shape index (κ3) is 3.33. The molecule has 7 nitrogen and oxygen atoms in total. The molecule has 0 bridgehead atoms. The third-order valence-electron chi connectivity index (χ3n) is 5.24. The second kappa shape index (κ2) is 7.44. The molecule has 0 radical (unpaired) electrons. The highest BCUT2D eigenvalue weighted by molar-refractivity contribution is 7.19. The van der Waals surface area contributed by atoms with Crippen molar-refractivity contribution in [1.29, 1.82) is 0 Å². The van der Waals surface area contributed by atoms with E-state index in [1.165, 1.54) is 23.3 Å². The molecule has 0 N–H and O–H groups in total. The Hall–Kier alpha value is -3.00. The predicted molar refractivity (Wildman–Crippen MR) is 113 cm³/mol. The summed E-state index contributed by atoms with van der Waals surface area (Å²) in [7, 11) is 1.65. The lowest BCUT2D eigenvalue weighted by Crippen LogP contribution is -1.99. The van der Waals surface area contributed by atoms with Gasteiger partial charge in [-0.3, -0.25) is 0 Å². The summed E-state index contributed by atoms with van der Waals surface area (Å²) in [6, 6.07) is 7.70. The molecule has 3 heterocycles. The SMILES string of the molecule is COc1ccc(C(C)=NOCc2nc3c4c5c(sc4ncn3n2)CCCC5)cc1. The predicted octanol–water partition coefficient (Wildman–Crippen LogP) is 4.17. The molecule has 5 rings (SSSR count). The van der Waals surface area contributed by atoms with Crippen molar-refractivity contribution in [3.63, 3.8) is 0 Å². The van der Waals surface area contributed by atoms with E-state index in [0.717, 1.165) is 45.7 Å². The Bertz CT molecular complexity index is 1210. The highest BCUT2D eigenvalue weighted by atomic mass is 32.1. The van der Waals surface area contributed by atoms with Crippen LogP contribution in [0.25, 0.3) is 15.9 Å². The van der Waals surface area contributed by atoms with E-state index in [0.29, 0.717) is 5.82 Å². The molecule has 0 amide bonds. The summed E-state index contributed by atoms with van der Waals surface area (Å²) in [4.78, 5) is 17.3. The Morgan fingerprint density at radius 2 is 2.03 bits per heavy atom. The molecule has 3 aromatic heterocycles. The summed E-state index contributed by atoms with van der Waals surface area (Å²) in [6.07, 6.45) is 6.46. The standard InChI is InChI=1S/C21H21N5O2S/c1-13(14-7-9-15(27-2)10-8-14)25-28-11-18-23-20-19-16-5-3-4-6-17(16)29-21(19)22-12-26(20)24-18/h7-10,12H,3-6,11H2,1-2H3. The fourth-order valence-corrected chi connectivity index (χ4v) is 4.96. The van der Waals surface area contributed by atoms with E-state index in [1.807, 2.05) is 31.2 Å². The number of hydrogen-bond acceptors (Lipinski definition) is 7. The fourth-order valence-electron chi connectivity index (χ4n) is 3.73. The normalized spacial score (nSPS) is 14.3. The molecule has 1 aromatic carbocycles. The van der Waals surface area contributed by atoms with Gasteiger partial charge in [0.2, 0.25) is 0 Å². The van der Waals surface area contributed by atoms with Crippen LogP contribution >= 0.6 is 11.3 Å². The van der Waals surface area contributed by atoms with Crippen LogP contribution < -0.4 is 4.74 Å². The van der Waals surface area contributed by atoms with Crippen LogP contribution in [0.2, 0.25) is 0 Å². The number of ether oxygens (including phenoxy) is 1. The molecule has 0 fully saturated rings. The molecule has 0 saturated heterocycles. The molecular weight excluding hydrogens is 386 g/mol. The van der Waals surface area contributed by atoms with Gasteiger partial charge in [0, 0.05) is 4.88 Å². The number of aromatic nitrogens is 4. The highest BCUT2D eigenvalue weighted by Crippen LogP contribution is 2.36. The van der Waals surface area contributed by atoms with Gasteiger partial charge < -0.3 is 9.57 Å². The van der Waals surface area contributed by atoms with Crippen molar-refractivity contribution in [2.75, 3.05) is 7.11 Å². The number of methoxy groups -OCH3 is 1. The van der Waals surface area contributed by atoms with Crippen LogP contribution in [-0.2, 0) is 24.3 Å². The fraction of sp³-hybridized carbons (Fsp3) is 0.333. The second-order valence-corrected chi connectivity index (χ2v) is 8.19. The van der Waals surface area contributed by atoms with Crippen molar-refractivity contribution in [1.82, 2.24) is 19.6 Å². The average molecular weight is 407 g/mol. The first-order valence-corrected chi connectivity index (χ1v) is 10.5. The Kier molecular flexibility index (Phi) is 4.63. The lowest BCUT2D eigenvalue weighted by atomic mass is 9.97. The van der Waals surface area contributed by atoms with Crippen LogP contribution in [0.15, 0.2) is 35.7 Å². The van der Waals surface area contributed by atoms with Crippen molar-refractivity contribution < 1.29 is 9.57 Å². The number of fused-ring (bicyclic) bond motifs is 5. The molecule has 0 aliphatic heterocycles. The minimum absolute atomic E-state index is 0.211. The van der Waals surface area contributed by atoms with Crippen molar-refractivity contribution in [3.8, 4) is 5.75 Å². The Balaban J connectivity index is 1.38. The minimum Gasteiger partial charge on any atom is -0.497 e. The molecule has 29 heavy (non-hydrogen) atoms. The first kappa shape index (κ1) is 18.1. The molecule has 0 atom stereocenters. The van der Waals surface area contributed by atoms with Crippen molar-refractivity contribution in [2.45, 2.75) is 39.2 Å². The monoisotopic (exact) mass is 407 g/mol. The van der Waals surface area contributed by atoms with Crippen molar-refractivity contribution in [3.05, 3.63) is 52.4 Å². The highest BCUT2D eigenvalue weighted by Gasteiger charge is 2.20. The van der Waals surface area contributed by atoms with Gasteiger partial charge in [0.15, 0.2) is 18.1 Å². The molecule has 0 unspecified atom stereocenters. The topological polar surface area (TPSA) is 73.9 Å². The van der Waals surface area contributed by atoms with Gasteiger partial charge in [-0.1, -0.05) is 5.16 Å². The molecule has 148 valence electrons. The Morgan fingerprint density at radius 3 is 2.86 bits per heavy atom. The minimum atomic E-state index is 0.211. The van der Waals surface area contributed by atoms with Gasteiger partial charge in [0.1, 0.15) is 16.9 Å². The number of nitrogens with zero attached hydrogens (tertiary/aromatic N) is 5. The van der Waals surface area contributed by atoms with Crippen LogP contribution in [0.4, 0.5) is 0 Å². The van der Waals surface area contributed by atoms with E-state index in [1.54, 1.807) is 29.3 Å². The van der Waals surface area contributed by atoms with Crippen LogP contribution in [0.5, 0.6) is 5.75 Å². The average Bonchev–Trinajstić information content (AvgIpc) is 3.34. The van der Waals surface area contributed by atoms with Gasteiger partial charge in [-0.15, -0.1) is 16.4 Å². The summed E-state index contributed by atoms with van der Waals surface area (Å²) in [6.45, 7) is 2.12. The van der Waals surface area contributed by atoms with Gasteiger partial charge >= 0.3 is 0 Å². The van der Waals surface area contributed by atoms with Gasteiger partial charge in [0.25, 0.3) is 0 Å². The van der Waals surface area contributed by atoms with E-state index in [4.69, 9.17) is 14.6 Å². The first-order valence-electron chi connectivity index (χ1n) is 9.68. The maximum atomic E-state index is 5.53. The first-order chi connectivity index (χ1) is 14.2. The summed E-state index contributed by atoms with van der Waals surface area (Å²) in [5.41, 5.74) is 4.03. The van der Waals surface area contributed by atoms with Crippen molar-refractivity contribution in [2.24, 2.45) is 5.16 Å². The number of hydrogen-bond donors (Lipinski definition) is 0. The van der Waals surface area contributed by atoms with E-state index in [2.05, 4.69) is 15.2 Å². The Labute approximate surface area is 172 Å². The zero-order valence-electron chi connectivity index (χ0n) is 16.4. The van der Waals surface area contributed by atoms with E-state index in [9.17, 15) is 0 Å². The van der Waals surface area contributed by atoms with Gasteiger partial charge in [-0.25, -0.2) is 14.5 Å². The quantitative estimate of drug-likeness (QED) is 0.367. The van der Waals surface area contributed by atoms with Gasteiger partial charge in [-0.05, 0) is 68.0 Å². The maximum Gasteiger partial charge on any atom is 0.192 e. The number of oxime groups is 1. The maximum absolute atomic E-state index is 5.53. The number of benzene rings is 1. The van der Waals surface area contributed by atoms with Crippen LogP contribution in [-0.4, -0.2) is 32.4 Å². The lowest BCUT2D eigenvalue weighted by molar-refractivity contribution is 0.125. The zero-order valence-corrected chi connectivity index (χ0v) is 17.2. The van der Waals surface area contributed by atoms with Gasteiger partial charge in [0.05, 0.1) is 18.2 Å². The molecule has 0 spiro atoms. The largest absolute Gasteiger partial charge is 0.497 e. The van der Waals surface area contributed by atoms with Crippen LogP contribution in [0.3, 0.4) is 0 Å². The third-order valence-corrected chi connectivity index (χ3v) is 6.44. The van der Waals surface area contributed by atoms with E-state index < -0.39 is 0 Å². The van der Waals surface area contributed by atoms with E-state index in [-0.39, 0.29) is 6.61 Å². The second-order valence-electron chi connectivity index (χ2n) is 7.11.